The third-order valence-corrected chi connectivity index (χ3v) is 3.57. The van der Waals surface area contributed by atoms with Crippen molar-refractivity contribution in [1.29, 1.82) is 0 Å². The molecule has 0 spiro atoms. The first-order chi connectivity index (χ1) is 9.31. The summed E-state index contributed by atoms with van der Waals surface area (Å²) in [5.41, 5.74) is 5.19. The molecule has 108 valence electrons. The molecule has 8 heteroatoms. The Morgan fingerprint density at radius 1 is 1.45 bits per heavy atom. The van der Waals surface area contributed by atoms with Crippen molar-refractivity contribution in [2.75, 3.05) is 5.73 Å². The summed E-state index contributed by atoms with van der Waals surface area (Å²) in [5.74, 6) is -0.0445. The first-order valence-electron chi connectivity index (χ1n) is 6.12. The molecule has 1 aliphatic heterocycles. The number of nitrogens with two attached hydrogens (primary N) is 1. The Hall–Kier alpha value is -1.80. The summed E-state index contributed by atoms with van der Waals surface area (Å²) < 4.78 is 34.2. The van der Waals surface area contributed by atoms with Crippen LogP contribution in [0.15, 0.2) is 12.1 Å². The zero-order chi connectivity index (χ0) is 14.7. The topological polar surface area (TPSA) is 85.7 Å². The fourth-order valence-electron chi connectivity index (χ4n) is 2.46. The number of nitrogens with zero attached hydrogens (tertiary/aromatic N) is 3. The molecule has 2 aromatic rings. The van der Waals surface area contributed by atoms with Gasteiger partial charge < -0.3 is 15.6 Å². The summed E-state index contributed by atoms with van der Waals surface area (Å²) in [6, 6.07) is 3.09. The summed E-state index contributed by atoms with van der Waals surface area (Å²) in [6.45, 7) is 3.17. The van der Waals surface area contributed by atoms with E-state index in [9.17, 15) is 13.9 Å². The minimum atomic E-state index is -1.64. The molecular weight excluding hydrogens is 270 g/mol. The lowest BCUT2D eigenvalue weighted by Gasteiger charge is -2.21. The maximum absolute atomic E-state index is 14.2. The normalized spacial score (nSPS) is 29.1. The van der Waals surface area contributed by atoms with Gasteiger partial charge in [0.1, 0.15) is 17.7 Å². The zero-order valence-corrected chi connectivity index (χ0v) is 10.9. The fraction of sp³-hybridized carbons (Fsp3) is 0.500. The van der Waals surface area contributed by atoms with Gasteiger partial charge in [-0.25, -0.2) is 8.91 Å². The summed E-state index contributed by atoms with van der Waals surface area (Å²) in [7, 11) is 0. The molecule has 3 N–H and O–H groups in total. The average Bonchev–Trinajstić information content (AvgIpc) is 2.85. The van der Waals surface area contributed by atoms with E-state index in [-0.39, 0.29) is 11.5 Å². The van der Waals surface area contributed by atoms with Crippen LogP contribution in [0, 0.1) is 6.08 Å². The Morgan fingerprint density at radius 3 is 2.75 bits per heavy atom. The van der Waals surface area contributed by atoms with E-state index in [1.807, 2.05) is 0 Å². The van der Waals surface area contributed by atoms with Crippen molar-refractivity contribution in [3.63, 3.8) is 0 Å². The predicted octanol–water partition coefficient (Wildman–Crippen LogP) is 0.999. The second kappa shape index (κ2) is 4.10. The summed E-state index contributed by atoms with van der Waals surface area (Å²) >= 11 is 0. The van der Waals surface area contributed by atoms with E-state index >= 15 is 0 Å². The van der Waals surface area contributed by atoms with Gasteiger partial charge in [0, 0.05) is 0 Å². The molecule has 3 atom stereocenters. The van der Waals surface area contributed by atoms with Gasteiger partial charge in [-0.1, -0.05) is 0 Å². The van der Waals surface area contributed by atoms with Gasteiger partial charge in [0.25, 0.3) is 0 Å². The zero-order valence-electron chi connectivity index (χ0n) is 10.9. The third kappa shape index (κ3) is 1.75. The maximum atomic E-state index is 14.2. The van der Waals surface area contributed by atoms with Crippen LogP contribution in [0.4, 0.5) is 14.6 Å². The number of fused-ring (bicyclic) bond motifs is 1. The molecule has 6 nitrogen and oxygen atoms in total. The standard InChI is InChI=1S/C12H14F2N4O2/c1-12(2)9(19)7(13)8(20-12)5-3-4-6-10(15)16-11(14)17-18(5)6/h3-4,7-9,19H,1-2H3,(H2,15,16,17)/t7-,8-,9-/m0/s1. The van der Waals surface area contributed by atoms with Crippen LogP contribution in [-0.4, -0.2) is 37.6 Å². The molecule has 0 aromatic carbocycles. The molecule has 3 heterocycles. The van der Waals surface area contributed by atoms with E-state index in [4.69, 9.17) is 10.5 Å². The van der Waals surface area contributed by atoms with Gasteiger partial charge in [0.05, 0.1) is 11.3 Å². The number of aliphatic hydroxyl groups excluding tert-OH is 1. The SMILES string of the molecule is CC1(C)O[C@@H](c2ccc3c(N)nc(F)nn23)[C@H](F)[C@@H]1O. The lowest BCUT2D eigenvalue weighted by molar-refractivity contribution is -0.0584. The minimum Gasteiger partial charge on any atom is -0.387 e. The van der Waals surface area contributed by atoms with Gasteiger partial charge >= 0.3 is 6.08 Å². The van der Waals surface area contributed by atoms with E-state index in [1.165, 1.54) is 6.07 Å². The average molecular weight is 284 g/mol. The molecule has 2 aromatic heterocycles. The molecule has 0 saturated carbocycles. The maximum Gasteiger partial charge on any atom is 0.327 e. The van der Waals surface area contributed by atoms with Crippen LogP contribution in [0.1, 0.15) is 25.6 Å². The number of aromatic nitrogens is 3. The first-order valence-corrected chi connectivity index (χ1v) is 6.12. The largest absolute Gasteiger partial charge is 0.387 e. The number of halogens is 2. The number of nitrogen functional groups attached to an aromatic ring is 1. The van der Waals surface area contributed by atoms with Gasteiger partial charge in [-0.05, 0) is 26.0 Å². The summed E-state index contributed by atoms with van der Waals surface area (Å²) in [4.78, 5) is 3.40. The lowest BCUT2D eigenvalue weighted by Crippen LogP contribution is -2.35. The number of aliphatic hydroxyl groups is 1. The van der Waals surface area contributed by atoms with Crippen LogP contribution >= 0.6 is 0 Å². The molecule has 0 aliphatic carbocycles. The van der Waals surface area contributed by atoms with Crippen molar-refractivity contribution in [1.82, 2.24) is 14.6 Å². The third-order valence-electron chi connectivity index (χ3n) is 3.57. The fourth-order valence-corrected chi connectivity index (χ4v) is 2.46. The molecule has 20 heavy (non-hydrogen) atoms. The highest BCUT2D eigenvalue weighted by Gasteiger charge is 2.50. The molecule has 1 saturated heterocycles. The van der Waals surface area contributed by atoms with Crippen LogP contribution < -0.4 is 5.73 Å². The van der Waals surface area contributed by atoms with E-state index in [0.717, 1.165) is 4.52 Å². The minimum absolute atomic E-state index is 0.0445. The number of alkyl halides is 1. The summed E-state index contributed by atoms with van der Waals surface area (Å²) in [6.07, 6.45) is -4.97. The number of ether oxygens (including phenoxy) is 1. The van der Waals surface area contributed by atoms with E-state index in [2.05, 4.69) is 10.1 Å². The van der Waals surface area contributed by atoms with Crippen LogP contribution in [0.5, 0.6) is 0 Å². The Bertz CT molecular complexity index is 673. The Labute approximate surface area is 113 Å². The second-order valence-corrected chi connectivity index (χ2v) is 5.35. The molecule has 0 radical (unpaired) electrons. The lowest BCUT2D eigenvalue weighted by atomic mass is 9.99. The molecule has 3 rings (SSSR count). The molecule has 0 amide bonds. The van der Waals surface area contributed by atoms with Crippen molar-refractivity contribution in [3.05, 3.63) is 23.9 Å². The van der Waals surface area contributed by atoms with Crippen LogP contribution in [-0.2, 0) is 4.74 Å². The highest BCUT2D eigenvalue weighted by Crippen LogP contribution is 2.41. The Balaban J connectivity index is 2.12. The molecular formula is C12H14F2N4O2. The van der Waals surface area contributed by atoms with Gasteiger partial charge in [-0.3, -0.25) is 0 Å². The number of hydrogen-bond donors (Lipinski definition) is 2. The van der Waals surface area contributed by atoms with Crippen molar-refractivity contribution in [2.45, 2.75) is 37.8 Å². The van der Waals surface area contributed by atoms with E-state index in [0.29, 0.717) is 5.52 Å². The van der Waals surface area contributed by atoms with E-state index < -0.39 is 30.1 Å². The Kier molecular flexibility index (Phi) is 2.70. The number of hydrogen-bond acceptors (Lipinski definition) is 5. The highest BCUT2D eigenvalue weighted by atomic mass is 19.1. The van der Waals surface area contributed by atoms with Crippen molar-refractivity contribution in [3.8, 4) is 0 Å². The molecule has 0 unspecified atom stereocenters. The monoisotopic (exact) mass is 284 g/mol. The van der Waals surface area contributed by atoms with Gasteiger partial charge in [-0.2, -0.15) is 9.37 Å². The predicted molar refractivity (Wildman–Crippen MR) is 66.2 cm³/mol. The highest BCUT2D eigenvalue weighted by molar-refractivity contribution is 5.65. The van der Waals surface area contributed by atoms with Crippen molar-refractivity contribution < 1.29 is 18.6 Å². The number of anilines is 1. The van der Waals surface area contributed by atoms with Crippen molar-refractivity contribution >= 4 is 11.3 Å². The van der Waals surface area contributed by atoms with Gasteiger partial charge in [0.2, 0.25) is 0 Å². The van der Waals surface area contributed by atoms with E-state index in [1.54, 1.807) is 19.9 Å². The molecule has 0 bridgehead atoms. The quantitative estimate of drug-likeness (QED) is 0.816. The van der Waals surface area contributed by atoms with Crippen LogP contribution in [0.3, 0.4) is 0 Å². The molecule has 1 aliphatic rings. The second-order valence-electron chi connectivity index (χ2n) is 5.35. The Morgan fingerprint density at radius 2 is 2.15 bits per heavy atom. The van der Waals surface area contributed by atoms with Crippen molar-refractivity contribution in [2.24, 2.45) is 0 Å². The van der Waals surface area contributed by atoms with Gasteiger partial charge in [-0.15, -0.1) is 5.10 Å². The van der Waals surface area contributed by atoms with Gasteiger partial charge in [0.15, 0.2) is 12.0 Å². The van der Waals surface area contributed by atoms with Crippen LogP contribution in [0.25, 0.3) is 5.52 Å². The first kappa shape index (κ1) is 13.2. The number of rotatable bonds is 1. The summed E-state index contributed by atoms with van der Waals surface area (Å²) in [5, 5.41) is 13.4. The smallest absolute Gasteiger partial charge is 0.327 e. The molecule has 1 fully saturated rings. The van der Waals surface area contributed by atoms with Crippen LogP contribution in [0.2, 0.25) is 0 Å².